The molecule has 1 amide bonds. The molecule has 2 rings (SSSR count). The number of likely N-dealkylation sites (N-methyl/N-ethyl adjacent to an activating group) is 1. The highest BCUT2D eigenvalue weighted by Crippen LogP contribution is 2.26. The van der Waals surface area contributed by atoms with Crippen LogP contribution in [0.5, 0.6) is 5.75 Å². The van der Waals surface area contributed by atoms with Crippen molar-refractivity contribution in [1.29, 1.82) is 0 Å². The Hall–Kier alpha value is -1.08. The highest BCUT2D eigenvalue weighted by molar-refractivity contribution is 9.10. The molecule has 116 valence electrons. The number of halogens is 1. The molecule has 1 saturated heterocycles. The zero-order valence-electron chi connectivity index (χ0n) is 12.0. The monoisotopic (exact) mass is 375 g/mol. The van der Waals surface area contributed by atoms with Crippen LogP contribution in [0.4, 0.5) is 0 Å². The van der Waals surface area contributed by atoms with E-state index in [2.05, 4.69) is 15.9 Å². The van der Waals surface area contributed by atoms with E-state index < -0.39 is 9.84 Å². The molecule has 1 aromatic rings. The van der Waals surface area contributed by atoms with Crippen molar-refractivity contribution in [2.75, 3.05) is 25.2 Å². The lowest BCUT2D eigenvalue weighted by Crippen LogP contribution is -2.40. The molecule has 1 heterocycles. The van der Waals surface area contributed by atoms with Crippen LogP contribution in [-0.2, 0) is 14.6 Å². The van der Waals surface area contributed by atoms with Crippen molar-refractivity contribution in [2.45, 2.75) is 19.4 Å². The zero-order chi connectivity index (χ0) is 15.6. The van der Waals surface area contributed by atoms with Gasteiger partial charge >= 0.3 is 0 Å². The van der Waals surface area contributed by atoms with Gasteiger partial charge < -0.3 is 9.64 Å². The van der Waals surface area contributed by atoms with Gasteiger partial charge in [-0.05, 0) is 47.0 Å². The van der Waals surface area contributed by atoms with Crippen LogP contribution in [0.25, 0.3) is 0 Å². The molecule has 0 N–H and O–H groups in total. The molecular weight excluding hydrogens is 358 g/mol. The van der Waals surface area contributed by atoms with Crippen LogP contribution in [0.3, 0.4) is 0 Å². The smallest absolute Gasteiger partial charge is 0.260 e. The van der Waals surface area contributed by atoms with E-state index in [9.17, 15) is 13.2 Å². The van der Waals surface area contributed by atoms with Gasteiger partial charge in [0.25, 0.3) is 5.91 Å². The number of carbonyl (C=O) groups excluding carboxylic acids is 1. The minimum atomic E-state index is -2.99. The Morgan fingerprint density at radius 3 is 2.76 bits per heavy atom. The van der Waals surface area contributed by atoms with Crippen LogP contribution in [0.1, 0.15) is 12.0 Å². The largest absolute Gasteiger partial charge is 0.483 e. The molecular formula is C14H18BrNO4S. The van der Waals surface area contributed by atoms with Crippen molar-refractivity contribution in [3.05, 3.63) is 28.2 Å². The summed E-state index contributed by atoms with van der Waals surface area (Å²) in [5, 5.41) is 0. The molecule has 5 nitrogen and oxygen atoms in total. The zero-order valence-corrected chi connectivity index (χ0v) is 14.4. The van der Waals surface area contributed by atoms with Crippen molar-refractivity contribution in [1.82, 2.24) is 4.90 Å². The normalized spacial score (nSPS) is 20.2. The standard InChI is InChI=1S/C14H18BrNO4S/c1-10-3-4-13(12(15)7-10)20-8-14(17)16(2)11-5-6-21(18,19)9-11/h3-4,7,11H,5-6,8-9H2,1-2H3. The summed E-state index contributed by atoms with van der Waals surface area (Å²) < 4.78 is 29.2. The van der Waals surface area contributed by atoms with Crippen LogP contribution in [0.2, 0.25) is 0 Å². The topological polar surface area (TPSA) is 63.7 Å². The van der Waals surface area contributed by atoms with Crippen LogP contribution < -0.4 is 4.74 Å². The van der Waals surface area contributed by atoms with Crippen molar-refractivity contribution in [3.8, 4) is 5.75 Å². The molecule has 0 spiro atoms. The van der Waals surface area contributed by atoms with Gasteiger partial charge in [0.2, 0.25) is 0 Å². The molecule has 1 aromatic carbocycles. The first kappa shape index (κ1) is 16.3. The number of ether oxygens (including phenoxy) is 1. The van der Waals surface area contributed by atoms with Gasteiger partial charge in [0.15, 0.2) is 16.4 Å². The second-order valence-corrected chi connectivity index (χ2v) is 8.37. The lowest BCUT2D eigenvalue weighted by atomic mass is 10.2. The maximum atomic E-state index is 12.1. The van der Waals surface area contributed by atoms with E-state index in [1.165, 1.54) is 4.90 Å². The fraction of sp³-hybridized carbons (Fsp3) is 0.500. The Labute approximate surface area is 133 Å². The predicted molar refractivity (Wildman–Crippen MR) is 84.2 cm³/mol. The van der Waals surface area contributed by atoms with E-state index in [1.807, 2.05) is 19.1 Å². The summed E-state index contributed by atoms with van der Waals surface area (Å²) in [4.78, 5) is 13.6. The molecule has 0 aliphatic carbocycles. The quantitative estimate of drug-likeness (QED) is 0.804. The van der Waals surface area contributed by atoms with Gasteiger partial charge in [0, 0.05) is 13.1 Å². The molecule has 0 bridgehead atoms. The van der Waals surface area contributed by atoms with Crippen molar-refractivity contribution >= 4 is 31.7 Å². The minimum Gasteiger partial charge on any atom is -0.483 e. The molecule has 0 saturated carbocycles. The number of sulfone groups is 1. The number of aryl methyl sites for hydroxylation is 1. The average molecular weight is 376 g/mol. The first-order valence-electron chi connectivity index (χ1n) is 6.63. The second kappa shape index (κ2) is 6.36. The van der Waals surface area contributed by atoms with E-state index in [0.717, 1.165) is 10.0 Å². The lowest BCUT2D eigenvalue weighted by molar-refractivity contribution is -0.133. The third-order valence-corrected chi connectivity index (χ3v) is 5.96. The summed E-state index contributed by atoms with van der Waals surface area (Å²) in [6.45, 7) is 1.86. The predicted octanol–water partition coefficient (Wildman–Crippen LogP) is 1.78. The molecule has 0 radical (unpaired) electrons. The fourth-order valence-electron chi connectivity index (χ4n) is 2.25. The highest BCUT2D eigenvalue weighted by atomic mass is 79.9. The second-order valence-electron chi connectivity index (χ2n) is 5.28. The van der Waals surface area contributed by atoms with Crippen LogP contribution in [-0.4, -0.2) is 50.4 Å². The average Bonchev–Trinajstić information content (AvgIpc) is 2.77. The van der Waals surface area contributed by atoms with Gasteiger partial charge in [-0.3, -0.25) is 4.79 Å². The number of hydrogen-bond donors (Lipinski definition) is 0. The third-order valence-electron chi connectivity index (χ3n) is 3.59. The highest BCUT2D eigenvalue weighted by Gasteiger charge is 2.32. The number of benzene rings is 1. The number of carbonyl (C=O) groups is 1. The SMILES string of the molecule is Cc1ccc(OCC(=O)N(C)C2CCS(=O)(=O)C2)c(Br)c1. The Kier molecular flexibility index (Phi) is 4.93. The lowest BCUT2D eigenvalue weighted by Gasteiger charge is -2.23. The first-order chi connectivity index (χ1) is 9.78. The summed E-state index contributed by atoms with van der Waals surface area (Å²) in [6, 6.07) is 5.37. The van der Waals surface area contributed by atoms with Crippen LogP contribution in [0.15, 0.2) is 22.7 Å². The summed E-state index contributed by atoms with van der Waals surface area (Å²) in [5.41, 5.74) is 1.09. The first-order valence-corrected chi connectivity index (χ1v) is 9.25. The van der Waals surface area contributed by atoms with Gasteiger partial charge in [0.05, 0.1) is 16.0 Å². The van der Waals surface area contributed by atoms with Crippen LogP contribution in [0, 0.1) is 6.92 Å². The summed E-state index contributed by atoms with van der Waals surface area (Å²) in [6.07, 6.45) is 0.499. The molecule has 1 unspecified atom stereocenters. The molecule has 0 aromatic heterocycles. The van der Waals surface area contributed by atoms with Gasteiger partial charge in [-0.1, -0.05) is 6.07 Å². The maximum absolute atomic E-state index is 12.1. The summed E-state index contributed by atoms with van der Waals surface area (Å²) in [5.74, 6) is 0.578. The van der Waals surface area contributed by atoms with E-state index >= 15 is 0 Å². The molecule has 1 aliphatic rings. The van der Waals surface area contributed by atoms with Gasteiger partial charge in [0.1, 0.15) is 5.75 Å². The van der Waals surface area contributed by atoms with E-state index in [0.29, 0.717) is 12.2 Å². The summed E-state index contributed by atoms with van der Waals surface area (Å²) in [7, 11) is -1.37. The molecule has 21 heavy (non-hydrogen) atoms. The molecule has 7 heteroatoms. The molecule has 1 aliphatic heterocycles. The van der Waals surface area contributed by atoms with E-state index in [4.69, 9.17) is 4.74 Å². The number of rotatable bonds is 4. The Balaban J connectivity index is 1.92. The minimum absolute atomic E-state index is 0.0451. The number of amides is 1. The Morgan fingerprint density at radius 1 is 1.48 bits per heavy atom. The summed E-state index contributed by atoms with van der Waals surface area (Å²) >= 11 is 3.39. The van der Waals surface area contributed by atoms with Crippen LogP contribution >= 0.6 is 15.9 Å². The fourth-order valence-corrected chi connectivity index (χ4v) is 4.63. The molecule has 1 atom stereocenters. The van der Waals surface area contributed by atoms with Crippen molar-refractivity contribution in [3.63, 3.8) is 0 Å². The van der Waals surface area contributed by atoms with Gasteiger partial charge in [-0.15, -0.1) is 0 Å². The Bertz CT molecular complexity index is 644. The van der Waals surface area contributed by atoms with Crippen molar-refractivity contribution in [2.24, 2.45) is 0 Å². The maximum Gasteiger partial charge on any atom is 0.260 e. The third kappa shape index (κ3) is 4.20. The Morgan fingerprint density at radius 2 is 2.19 bits per heavy atom. The number of hydrogen-bond acceptors (Lipinski definition) is 4. The van der Waals surface area contributed by atoms with Gasteiger partial charge in [-0.25, -0.2) is 8.42 Å². The van der Waals surface area contributed by atoms with E-state index in [-0.39, 0.29) is 30.1 Å². The molecule has 1 fully saturated rings. The number of nitrogens with zero attached hydrogens (tertiary/aromatic N) is 1. The van der Waals surface area contributed by atoms with E-state index in [1.54, 1.807) is 13.1 Å². The van der Waals surface area contributed by atoms with Crippen molar-refractivity contribution < 1.29 is 17.9 Å². The van der Waals surface area contributed by atoms with Gasteiger partial charge in [-0.2, -0.15) is 0 Å².